The number of rotatable bonds is 7. The molecule has 28 heavy (non-hydrogen) atoms. The number of aliphatic hydroxyl groups is 1. The van der Waals surface area contributed by atoms with Crippen LogP contribution in [0.4, 0.5) is 4.79 Å². The van der Waals surface area contributed by atoms with Gasteiger partial charge in [-0.25, -0.2) is 4.79 Å². The first kappa shape index (κ1) is 21.9. The van der Waals surface area contributed by atoms with Crippen molar-refractivity contribution in [3.63, 3.8) is 0 Å². The summed E-state index contributed by atoms with van der Waals surface area (Å²) in [5, 5.41) is 15.7. The summed E-state index contributed by atoms with van der Waals surface area (Å²) in [5.41, 5.74) is 0.868. The number of ether oxygens (including phenoxy) is 2. The van der Waals surface area contributed by atoms with Gasteiger partial charge in [0.2, 0.25) is 5.91 Å². The maximum Gasteiger partial charge on any atom is 0.408 e. The molecule has 3 N–H and O–H groups in total. The van der Waals surface area contributed by atoms with Gasteiger partial charge in [-0.1, -0.05) is 56.3 Å². The van der Waals surface area contributed by atoms with E-state index in [1.807, 2.05) is 56.3 Å². The first-order chi connectivity index (χ1) is 13.5. The van der Waals surface area contributed by atoms with Crippen molar-refractivity contribution < 1.29 is 24.2 Å². The third-order valence-electron chi connectivity index (χ3n) is 4.38. The molecule has 154 valence electrons. The molecule has 1 aliphatic rings. The average molecular weight is 390 g/mol. The molecule has 1 aromatic rings. The molecule has 0 saturated carbocycles. The van der Waals surface area contributed by atoms with E-state index in [0.29, 0.717) is 19.4 Å². The number of nitrogens with one attached hydrogen (secondary N) is 2. The van der Waals surface area contributed by atoms with Crippen LogP contribution in [0, 0.1) is 5.92 Å². The molecule has 7 nitrogen and oxygen atoms in total. The smallest absolute Gasteiger partial charge is 0.408 e. The molecule has 3 atom stereocenters. The number of benzene rings is 1. The molecule has 7 heteroatoms. The Bertz CT molecular complexity index is 647. The van der Waals surface area contributed by atoms with Crippen molar-refractivity contribution in [3.8, 4) is 0 Å². The Hall–Kier alpha value is -2.38. The van der Waals surface area contributed by atoms with Gasteiger partial charge in [0, 0.05) is 0 Å². The summed E-state index contributed by atoms with van der Waals surface area (Å²) < 4.78 is 10.5. The predicted molar refractivity (Wildman–Crippen MR) is 106 cm³/mol. The Balaban J connectivity index is 1.92. The quantitative estimate of drug-likeness (QED) is 0.620. The molecule has 1 heterocycles. The second-order valence-corrected chi connectivity index (χ2v) is 7.32. The maximum atomic E-state index is 12.7. The highest BCUT2D eigenvalue weighted by Crippen LogP contribution is 2.10. The summed E-state index contributed by atoms with van der Waals surface area (Å²) >= 11 is 0. The molecule has 1 unspecified atom stereocenters. The SMILES string of the molecule is CC(C)C[C@H](NC(=O)OCc1ccccc1)C(=O)N[C@H]1CC=CCOCC1O. The Kier molecular flexibility index (Phi) is 8.97. The van der Waals surface area contributed by atoms with Crippen LogP contribution in [0.3, 0.4) is 0 Å². The minimum Gasteiger partial charge on any atom is -0.445 e. The van der Waals surface area contributed by atoms with Gasteiger partial charge in [0.25, 0.3) is 0 Å². The number of carbonyl (C=O) groups excluding carboxylic acids is 2. The van der Waals surface area contributed by atoms with Gasteiger partial charge in [0.15, 0.2) is 0 Å². The second kappa shape index (κ2) is 11.5. The van der Waals surface area contributed by atoms with E-state index < -0.39 is 24.3 Å². The van der Waals surface area contributed by atoms with E-state index in [1.165, 1.54) is 0 Å². The zero-order valence-corrected chi connectivity index (χ0v) is 16.5. The summed E-state index contributed by atoms with van der Waals surface area (Å²) in [6.07, 6.45) is 3.23. The van der Waals surface area contributed by atoms with Gasteiger partial charge in [0.05, 0.1) is 25.4 Å². The zero-order chi connectivity index (χ0) is 20.4. The molecule has 2 amide bonds. The number of alkyl carbamates (subject to hydrolysis) is 1. The fraction of sp³-hybridized carbons (Fsp3) is 0.524. The normalized spacial score (nSPS) is 20.7. The van der Waals surface area contributed by atoms with Gasteiger partial charge in [-0.15, -0.1) is 0 Å². The number of aliphatic hydroxyl groups excluding tert-OH is 1. The average Bonchev–Trinajstić information content (AvgIpc) is 2.66. The Labute approximate surface area is 166 Å². The van der Waals surface area contributed by atoms with E-state index in [4.69, 9.17) is 9.47 Å². The minimum absolute atomic E-state index is 0.131. The molecule has 2 rings (SSSR count). The Morgan fingerprint density at radius 1 is 1.25 bits per heavy atom. The van der Waals surface area contributed by atoms with Crippen LogP contribution >= 0.6 is 0 Å². The summed E-state index contributed by atoms with van der Waals surface area (Å²) in [6.45, 7) is 4.67. The third kappa shape index (κ3) is 7.70. The van der Waals surface area contributed by atoms with Crippen LogP contribution in [-0.4, -0.2) is 48.5 Å². The van der Waals surface area contributed by atoms with Gasteiger partial charge < -0.3 is 25.2 Å². The molecule has 0 bridgehead atoms. The number of amides is 2. The van der Waals surface area contributed by atoms with E-state index >= 15 is 0 Å². The largest absolute Gasteiger partial charge is 0.445 e. The summed E-state index contributed by atoms with van der Waals surface area (Å²) in [5.74, 6) is -0.154. The maximum absolute atomic E-state index is 12.7. The highest BCUT2D eigenvalue weighted by molar-refractivity contribution is 5.85. The minimum atomic E-state index is -0.807. The first-order valence-electron chi connectivity index (χ1n) is 9.64. The highest BCUT2D eigenvalue weighted by Gasteiger charge is 2.27. The fourth-order valence-electron chi connectivity index (χ4n) is 2.89. The van der Waals surface area contributed by atoms with Crippen molar-refractivity contribution in [2.75, 3.05) is 13.2 Å². The molecule has 0 aromatic heterocycles. The monoisotopic (exact) mass is 390 g/mol. The zero-order valence-electron chi connectivity index (χ0n) is 16.5. The molecule has 0 spiro atoms. The van der Waals surface area contributed by atoms with Gasteiger partial charge >= 0.3 is 6.09 Å². The molecule has 0 fully saturated rings. The highest BCUT2D eigenvalue weighted by atomic mass is 16.5. The van der Waals surface area contributed by atoms with Crippen molar-refractivity contribution in [1.29, 1.82) is 0 Å². The predicted octanol–water partition coefficient (Wildman–Crippen LogP) is 2.15. The van der Waals surface area contributed by atoms with Gasteiger partial charge in [-0.2, -0.15) is 0 Å². The Morgan fingerprint density at radius 2 is 2.00 bits per heavy atom. The first-order valence-corrected chi connectivity index (χ1v) is 9.64. The van der Waals surface area contributed by atoms with E-state index in [9.17, 15) is 14.7 Å². The second-order valence-electron chi connectivity index (χ2n) is 7.32. The lowest BCUT2D eigenvalue weighted by Crippen LogP contribution is -2.53. The van der Waals surface area contributed by atoms with Crippen LogP contribution in [0.15, 0.2) is 42.5 Å². The lowest BCUT2D eigenvalue weighted by atomic mass is 10.0. The van der Waals surface area contributed by atoms with E-state index in [-0.39, 0.29) is 25.0 Å². The van der Waals surface area contributed by atoms with Gasteiger partial charge in [0.1, 0.15) is 12.6 Å². The van der Waals surface area contributed by atoms with E-state index in [1.54, 1.807) is 0 Å². The Morgan fingerprint density at radius 3 is 2.71 bits per heavy atom. The van der Waals surface area contributed by atoms with Crippen molar-refractivity contribution in [2.45, 2.75) is 51.5 Å². The third-order valence-corrected chi connectivity index (χ3v) is 4.38. The van der Waals surface area contributed by atoms with Crippen LogP contribution in [-0.2, 0) is 20.9 Å². The molecule has 0 saturated heterocycles. The van der Waals surface area contributed by atoms with Gasteiger partial charge in [-0.05, 0) is 24.3 Å². The molecular formula is C21H30N2O5. The van der Waals surface area contributed by atoms with E-state index in [0.717, 1.165) is 5.56 Å². The summed E-state index contributed by atoms with van der Waals surface area (Å²) in [6, 6.07) is 8.12. The van der Waals surface area contributed by atoms with E-state index in [2.05, 4.69) is 10.6 Å². The van der Waals surface area contributed by atoms with Crippen LogP contribution in [0.5, 0.6) is 0 Å². The standard InChI is InChI=1S/C21H30N2O5/c1-15(2)12-18(23-21(26)28-13-16-8-4-3-5-9-16)20(25)22-17-10-6-7-11-27-14-19(17)24/h3-9,15,17-19,24H,10-14H2,1-2H3,(H,22,25)(H,23,26)/t17-,18-,19?/m0/s1. The molecule has 0 aliphatic carbocycles. The lowest BCUT2D eigenvalue weighted by Gasteiger charge is -2.27. The molecule has 0 radical (unpaired) electrons. The van der Waals surface area contributed by atoms with Crippen LogP contribution in [0.2, 0.25) is 0 Å². The van der Waals surface area contributed by atoms with Crippen molar-refractivity contribution in [2.24, 2.45) is 5.92 Å². The fourth-order valence-corrected chi connectivity index (χ4v) is 2.89. The molecule has 1 aromatic carbocycles. The summed E-state index contributed by atoms with van der Waals surface area (Å²) in [4.78, 5) is 24.9. The van der Waals surface area contributed by atoms with Crippen LogP contribution in [0.1, 0.15) is 32.3 Å². The molecule has 1 aliphatic heterocycles. The number of hydrogen-bond acceptors (Lipinski definition) is 5. The lowest BCUT2D eigenvalue weighted by molar-refractivity contribution is -0.125. The van der Waals surface area contributed by atoms with Gasteiger partial charge in [-0.3, -0.25) is 4.79 Å². The topological polar surface area (TPSA) is 96.9 Å². The summed E-state index contributed by atoms with van der Waals surface area (Å²) in [7, 11) is 0. The number of carbonyl (C=O) groups is 2. The van der Waals surface area contributed by atoms with Crippen molar-refractivity contribution in [1.82, 2.24) is 10.6 Å². The van der Waals surface area contributed by atoms with Crippen molar-refractivity contribution in [3.05, 3.63) is 48.0 Å². The molecular weight excluding hydrogens is 360 g/mol. The number of hydrogen-bond donors (Lipinski definition) is 3. The van der Waals surface area contributed by atoms with Crippen molar-refractivity contribution >= 4 is 12.0 Å². The van der Waals surface area contributed by atoms with Crippen LogP contribution in [0.25, 0.3) is 0 Å². The van der Waals surface area contributed by atoms with Crippen LogP contribution < -0.4 is 10.6 Å².